The maximum atomic E-state index is 15.1. The molecule has 2 fully saturated rings. The molecule has 1 saturated heterocycles. The summed E-state index contributed by atoms with van der Waals surface area (Å²) in [5, 5.41) is 8.17. The van der Waals surface area contributed by atoms with Crippen LogP contribution in [0.1, 0.15) is 62.8 Å². The van der Waals surface area contributed by atoms with Crippen LogP contribution in [0.4, 0.5) is 15.0 Å². The molecule has 3 aromatic rings. The topological polar surface area (TPSA) is 103 Å². The average molecular weight is 525 g/mol. The summed E-state index contributed by atoms with van der Waals surface area (Å²) in [6, 6.07) is 3.26. The Labute approximate surface area is 220 Å². The average Bonchev–Trinajstić information content (AvgIpc) is 3.45. The summed E-state index contributed by atoms with van der Waals surface area (Å²) >= 11 is 0. The van der Waals surface area contributed by atoms with Crippen molar-refractivity contribution in [2.75, 3.05) is 25.5 Å². The zero-order chi connectivity index (χ0) is 26.6. The zero-order valence-corrected chi connectivity index (χ0v) is 22.2. The maximum Gasteiger partial charge on any atom is 0.410 e. The maximum absolute atomic E-state index is 15.1. The molecule has 1 N–H and O–H groups in total. The third kappa shape index (κ3) is 4.75. The Morgan fingerprint density at radius 2 is 2.03 bits per heavy atom. The summed E-state index contributed by atoms with van der Waals surface area (Å²) in [4.78, 5) is 23.7. The second-order valence-corrected chi connectivity index (χ2v) is 11.3. The number of piperidine rings is 1. The van der Waals surface area contributed by atoms with Crippen LogP contribution >= 0.6 is 0 Å². The molecule has 1 amide bonds. The van der Waals surface area contributed by atoms with Crippen LogP contribution in [0, 0.1) is 0 Å². The quantitative estimate of drug-likeness (QED) is 0.522. The number of aromatic nitrogens is 4. The number of halogens is 1. The van der Waals surface area contributed by atoms with Crippen LogP contribution in [0.5, 0.6) is 5.75 Å². The summed E-state index contributed by atoms with van der Waals surface area (Å²) in [5.74, 6) is 1.69. The van der Waals surface area contributed by atoms with Gasteiger partial charge in [-0.15, -0.1) is 0 Å². The smallest absolute Gasteiger partial charge is 0.410 e. The van der Waals surface area contributed by atoms with Gasteiger partial charge in [-0.2, -0.15) is 5.10 Å². The summed E-state index contributed by atoms with van der Waals surface area (Å²) in [6.07, 6.45) is 2.57. The van der Waals surface area contributed by atoms with E-state index in [1.165, 1.54) is 0 Å². The standard InChI is InChI=1S/C27H33FN6O4/c1-27(2,3)38-26(35)33-8-7-18(28)20(12-33)31-25-17-14-37-13-16(17)9-19(30-25)21-11-29-23-10-22(36-4)24(15-5-6-15)32-34(21)23/h9-11,15,18,20H,5-8,12-14H2,1-4H3,(H,30,31)/t18-,20-/m0/s1. The minimum atomic E-state index is -1.14. The van der Waals surface area contributed by atoms with Crippen LogP contribution in [0.15, 0.2) is 18.3 Å². The van der Waals surface area contributed by atoms with Crippen molar-refractivity contribution in [3.63, 3.8) is 0 Å². The van der Waals surface area contributed by atoms with E-state index >= 15 is 4.39 Å². The number of nitrogens with one attached hydrogen (secondary N) is 1. The number of alkyl halides is 1. The number of rotatable bonds is 5. The fourth-order valence-electron chi connectivity index (χ4n) is 5.04. The molecule has 0 spiro atoms. The number of hydrogen-bond acceptors (Lipinski definition) is 8. The number of carbonyl (C=O) groups is 1. The molecule has 38 heavy (non-hydrogen) atoms. The number of ether oxygens (including phenoxy) is 3. The molecule has 0 unspecified atom stereocenters. The molecule has 0 aromatic carbocycles. The van der Waals surface area contributed by atoms with Gasteiger partial charge in [0.1, 0.15) is 34.7 Å². The highest BCUT2D eigenvalue weighted by Gasteiger charge is 2.35. The lowest BCUT2D eigenvalue weighted by Gasteiger charge is -2.36. The number of nitrogens with zero attached hydrogens (tertiary/aromatic N) is 5. The van der Waals surface area contributed by atoms with Crippen molar-refractivity contribution in [2.45, 2.75) is 77.0 Å². The minimum Gasteiger partial charge on any atom is -0.495 e. The Hall–Kier alpha value is -3.47. The molecule has 2 atom stereocenters. The van der Waals surface area contributed by atoms with Gasteiger partial charge in [0.2, 0.25) is 0 Å². The van der Waals surface area contributed by atoms with Crippen LogP contribution in [0.25, 0.3) is 17.0 Å². The van der Waals surface area contributed by atoms with Crippen LogP contribution in [-0.2, 0) is 22.7 Å². The van der Waals surface area contributed by atoms with E-state index in [1.54, 1.807) is 22.7 Å². The predicted octanol–water partition coefficient (Wildman–Crippen LogP) is 4.47. The first-order chi connectivity index (χ1) is 18.2. The molecule has 5 heterocycles. The molecule has 3 aromatic heterocycles. The third-order valence-corrected chi connectivity index (χ3v) is 7.15. The Bertz CT molecular complexity index is 1380. The zero-order valence-electron chi connectivity index (χ0n) is 22.2. The van der Waals surface area contributed by atoms with Gasteiger partial charge in [-0.1, -0.05) is 0 Å². The molecular weight excluding hydrogens is 491 g/mol. The molecule has 11 heteroatoms. The SMILES string of the molecule is COc1cc2ncc(-c3cc4c(c(N[C@H]5CN(C(=O)OC(C)(C)C)CC[C@@H]5F)n3)COC4)n2nc1C1CC1. The third-order valence-electron chi connectivity index (χ3n) is 7.15. The van der Waals surface area contributed by atoms with E-state index in [0.717, 1.165) is 41.1 Å². The minimum absolute atomic E-state index is 0.180. The Balaban J connectivity index is 1.32. The number of hydrogen-bond donors (Lipinski definition) is 1. The fraction of sp³-hybridized carbons (Fsp3) is 0.556. The van der Waals surface area contributed by atoms with Crippen molar-refractivity contribution in [3.8, 4) is 17.1 Å². The van der Waals surface area contributed by atoms with Gasteiger partial charge in [-0.05, 0) is 51.7 Å². The molecule has 1 saturated carbocycles. The fourth-order valence-corrected chi connectivity index (χ4v) is 5.04. The van der Waals surface area contributed by atoms with E-state index in [1.807, 2.05) is 32.9 Å². The molecule has 0 radical (unpaired) electrons. The van der Waals surface area contributed by atoms with Crippen LogP contribution in [-0.4, -0.2) is 68.6 Å². The van der Waals surface area contributed by atoms with Gasteiger partial charge in [0.25, 0.3) is 0 Å². The van der Waals surface area contributed by atoms with Gasteiger partial charge in [0.15, 0.2) is 5.65 Å². The lowest BCUT2D eigenvalue weighted by molar-refractivity contribution is 0.0150. The molecule has 3 aliphatic rings. The van der Waals surface area contributed by atoms with E-state index in [9.17, 15) is 4.79 Å². The lowest BCUT2D eigenvalue weighted by atomic mass is 10.0. The number of amides is 1. The lowest BCUT2D eigenvalue weighted by Crippen LogP contribution is -2.52. The van der Waals surface area contributed by atoms with Gasteiger partial charge >= 0.3 is 6.09 Å². The van der Waals surface area contributed by atoms with Gasteiger partial charge in [-0.3, -0.25) is 0 Å². The number of anilines is 1. The second kappa shape index (κ2) is 9.37. The van der Waals surface area contributed by atoms with Gasteiger partial charge in [-0.25, -0.2) is 23.7 Å². The van der Waals surface area contributed by atoms with Crippen LogP contribution in [0.2, 0.25) is 0 Å². The number of fused-ring (bicyclic) bond motifs is 2. The molecule has 0 bridgehead atoms. The van der Waals surface area contributed by atoms with Crippen molar-refractivity contribution in [3.05, 3.63) is 35.2 Å². The van der Waals surface area contributed by atoms with E-state index < -0.39 is 23.9 Å². The Kier molecular flexibility index (Phi) is 6.13. The van der Waals surface area contributed by atoms with Crippen molar-refractivity contribution in [1.82, 2.24) is 24.5 Å². The van der Waals surface area contributed by atoms with Crippen molar-refractivity contribution in [1.29, 1.82) is 0 Å². The summed E-state index contributed by atoms with van der Waals surface area (Å²) < 4.78 is 33.7. The van der Waals surface area contributed by atoms with Gasteiger partial charge in [0, 0.05) is 30.6 Å². The second-order valence-electron chi connectivity index (χ2n) is 11.3. The monoisotopic (exact) mass is 524 g/mol. The molecule has 6 rings (SSSR count). The van der Waals surface area contributed by atoms with Crippen molar-refractivity contribution >= 4 is 17.6 Å². The summed E-state index contributed by atoms with van der Waals surface area (Å²) in [5.41, 5.74) is 4.25. The van der Waals surface area contributed by atoms with E-state index in [2.05, 4.69) is 10.3 Å². The van der Waals surface area contributed by atoms with E-state index in [0.29, 0.717) is 42.8 Å². The molecule has 10 nitrogen and oxygen atoms in total. The van der Waals surface area contributed by atoms with Crippen LogP contribution < -0.4 is 10.1 Å². The van der Waals surface area contributed by atoms with Gasteiger partial charge < -0.3 is 24.4 Å². The van der Waals surface area contributed by atoms with Crippen LogP contribution in [0.3, 0.4) is 0 Å². The number of pyridine rings is 1. The first-order valence-corrected chi connectivity index (χ1v) is 13.1. The number of imidazole rings is 1. The molecular formula is C27H33FN6O4. The summed E-state index contributed by atoms with van der Waals surface area (Å²) in [6.45, 7) is 6.78. The highest BCUT2D eigenvalue weighted by Crippen LogP contribution is 2.43. The number of likely N-dealkylation sites (tertiary alicyclic amines) is 1. The first-order valence-electron chi connectivity index (χ1n) is 13.1. The van der Waals surface area contributed by atoms with Crippen molar-refractivity contribution < 1.29 is 23.4 Å². The normalized spacial score (nSPS) is 21.4. The van der Waals surface area contributed by atoms with E-state index in [4.69, 9.17) is 24.3 Å². The van der Waals surface area contributed by atoms with Crippen molar-refractivity contribution in [2.24, 2.45) is 0 Å². The highest BCUT2D eigenvalue weighted by molar-refractivity contribution is 5.69. The van der Waals surface area contributed by atoms with Gasteiger partial charge in [0.05, 0.1) is 38.3 Å². The number of methoxy groups -OCH3 is 1. The largest absolute Gasteiger partial charge is 0.495 e. The predicted molar refractivity (Wildman–Crippen MR) is 138 cm³/mol. The molecule has 2 aliphatic heterocycles. The highest BCUT2D eigenvalue weighted by atomic mass is 19.1. The number of carbonyl (C=O) groups excluding carboxylic acids is 1. The molecule has 1 aliphatic carbocycles. The Morgan fingerprint density at radius 3 is 2.76 bits per heavy atom. The summed E-state index contributed by atoms with van der Waals surface area (Å²) in [7, 11) is 1.65. The first kappa shape index (κ1) is 24.8. The van der Waals surface area contributed by atoms with E-state index in [-0.39, 0.29) is 13.0 Å². The molecule has 202 valence electrons. The Morgan fingerprint density at radius 1 is 1.21 bits per heavy atom.